The Hall–Kier alpha value is -1.05. The zero-order chi connectivity index (χ0) is 14.9. The number of esters is 1. The summed E-state index contributed by atoms with van der Waals surface area (Å²) in [5.41, 5.74) is 0.726. The molecule has 118 valence electrons. The SMILES string of the molecule is C=C1C(=O)O[C@@H]2CCCCC/C=C/CCCCCCC[C@H]12. The van der Waals surface area contributed by atoms with E-state index in [2.05, 4.69) is 18.7 Å². The second-order valence-electron chi connectivity index (χ2n) is 6.53. The first-order valence-corrected chi connectivity index (χ1v) is 8.84. The summed E-state index contributed by atoms with van der Waals surface area (Å²) < 4.78 is 5.53. The van der Waals surface area contributed by atoms with Crippen LogP contribution in [-0.2, 0) is 9.53 Å². The molecule has 0 aromatic rings. The summed E-state index contributed by atoms with van der Waals surface area (Å²) in [5, 5.41) is 0. The molecule has 0 amide bonds. The molecule has 0 bridgehead atoms. The maximum atomic E-state index is 11.7. The minimum Gasteiger partial charge on any atom is -0.458 e. The zero-order valence-corrected chi connectivity index (χ0v) is 13.3. The van der Waals surface area contributed by atoms with Gasteiger partial charge in [-0.1, -0.05) is 50.8 Å². The van der Waals surface area contributed by atoms with Crippen molar-refractivity contribution in [3.63, 3.8) is 0 Å². The summed E-state index contributed by atoms with van der Waals surface area (Å²) in [5.74, 6) is 0.135. The lowest BCUT2D eigenvalue weighted by molar-refractivity contribution is -0.139. The summed E-state index contributed by atoms with van der Waals surface area (Å²) >= 11 is 0. The first-order chi connectivity index (χ1) is 10.3. The van der Waals surface area contributed by atoms with Crippen molar-refractivity contribution in [2.24, 2.45) is 5.92 Å². The molecule has 0 spiro atoms. The van der Waals surface area contributed by atoms with Crippen molar-refractivity contribution in [3.05, 3.63) is 24.3 Å². The average Bonchev–Trinajstić information content (AvgIpc) is 2.73. The van der Waals surface area contributed by atoms with Gasteiger partial charge in [0.1, 0.15) is 6.10 Å². The molecule has 0 aromatic heterocycles. The monoisotopic (exact) mass is 290 g/mol. The maximum absolute atomic E-state index is 11.7. The van der Waals surface area contributed by atoms with Crippen LogP contribution < -0.4 is 0 Å². The highest BCUT2D eigenvalue weighted by molar-refractivity contribution is 5.90. The Morgan fingerprint density at radius 1 is 0.857 bits per heavy atom. The number of hydrogen-bond donors (Lipinski definition) is 0. The fourth-order valence-corrected chi connectivity index (χ4v) is 3.47. The van der Waals surface area contributed by atoms with E-state index in [1.54, 1.807) is 0 Å². The smallest absolute Gasteiger partial charge is 0.334 e. The summed E-state index contributed by atoms with van der Waals surface area (Å²) in [7, 11) is 0. The Bertz CT molecular complexity index is 370. The Morgan fingerprint density at radius 2 is 1.43 bits per heavy atom. The van der Waals surface area contributed by atoms with Crippen LogP contribution >= 0.6 is 0 Å². The maximum Gasteiger partial charge on any atom is 0.334 e. The first kappa shape index (κ1) is 16.3. The summed E-state index contributed by atoms with van der Waals surface area (Å²) in [6.07, 6.45) is 19.4. The van der Waals surface area contributed by atoms with Crippen molar-refractivity contribution >= 4 is 5.97 Å². The third-order valence-electron chi connectivity index (χ3n) is 4.83. The molecule has 0 aromatic carbocycles. The van der Waals surface area contributed by atoms with Crippen LogP contribution in [0.5, 0.6) is 0 Å². The van der Waals surface area contributed by atoms with Crippen molar-refractivity contribution in [1.82, 2.24) is 0 Å². The largest absolute Gasteiger partial charge is 0.458 e. The molecule has 1 saturated heterocycles. The topological polar surface area (TPSA) is 26.3 Å². The molecule has 1 heterocycles. The number of allylic oxidation sites excluding steroid dienone is 2. The fourth-order valence-electron chi connectivity index (χ4n) is 3.47. The summed E-state index contributed by atoms with van der Waals surface area (Å²) in [4.78, 5) is 11.7. The summed E-state index contributed by atoms with van der Waals surface area (Å²) in [6.45, 7) is 3.97. The molecule has 1 aliphatic carbocycles. The molecular weight excluding hydrogens is 260 g/mol. The van der Waals surface area contributed by atoms with Crippen molar-refractivity contribution in [3.8, 4) is 0 Å². The van der Waals surface area contributed by atoms with Gasteiger partial charge in [0.2, 0.25) is 0 Å². The van der Waals surface area contributed by atoms with E-state index in [1.807, 2.05) is 0 Å². The molecule has 1 fully saturated rings. The summed E-state index contributed by atoms with van der Waals surface area (Å²) in [6, 6.07) is 0. The molecule has 2 nitrogen and oxygen atoms in total. The lowest BCUT2D eigenvalue weighted by Gasteiger charge is -2.17. The highest BCUT2D eigenvalue weighted by Gasteiger charge is 2.37. The molecule has 0 saturated carbocycles. The van der Waals surface area contributed by atoms with E-state index in [0.717, 1.165) is 24.8 Å². The molecule has 0 radical (unpaired) electrons. The van der Waals surface area contributed by atoms with Crippen LogP contribution in [0.15, 0.2) is 24.3 Å². The van der Waals surface area contributed by atoms with Crippen molar-refractivity contribution in [2.45, 2.75) is 83.2 Å². The number of carbonyl (C=O) groups excluding carboxylic acids is 1. The molecule has 0 N–H and O–H groups in total. The zero-order valence-electron chi connectivity index (χ0n) is 13.3. The van der Waals surface area contributed by atoms with Gasteiger partial charge in [-0.05, 0) is 44.9 Å². The van der Waals surface area contributed by atoms with E-state index < -0.39 is 0 Å². The van der Waals surface area contributed by atoms with Gasteiger partial charge in [0.25, 0.3) is 0 Å². The number of hydrogen-bond acceptors (Lipinski definition) is 2. The van der Waals surface area contributed by atoms with Crippen LogP contribution in [-0.4, -0.2) is 12.1 Å². The predicted molar refractivity (Wildman–Crippen MR) is 87.1 cm³/mol. The Morgan fingerprint density at radius 3 is 2.19 bits per heavy atom. The molecule has 21 heavy (non-hydrogen) atoms. The molecule has 2 rings (SSSR count). The van der Waals surface area contributed by atoms with Gasteiger partial charge in [-0.25, -0.2) is 4.79 Å². The fraction of sp³-hybridized carbons (Fsp3) is 0.737. The van der Waals surface area contributed by atoms with Crippen LogP contribution in [0.25, 0.3) is 0 Å². The minimum absolute atomic E-state index is 0.105. The first-order valence-electron chi connectivity index (χ1n) is 8.84. The average molecular weight is 290 g/mol. The number of rotatable bonds is 0. The van der Waals surface area contributed by atoms with E-state index in [0.29, 0.717) is 0 Å². The van der Waals surface area contributed by atoms with Gasteiger partial charge in [0.05, 0.1) is 0 Å². The minimum atomic E-state index is -0.147. The number of fused-ring (bicyclic) bond motifs is 1. The van der Waals surface area contributed by atoms with Gasteiger partial charge >= 0.3 is 5.97 Å². The number of carbonyl (C=O) groups is 1. The van der Waals surface area contributed by atoms with E-state index in [1.165, 1.54) is 57.8 Å². The van der Waals surface area contributed by atoms with E-state index in [-0.39, 0.29) is 18.0 Å². The molecular formula is C19H30O2. The van der Waals surface area contributed by atoms with Crippen LogP contribution in [0.2, 0.25) is 0 Å². The van der Waals surface area contributed by atoms with Crippen LogP contribution in [0.4, 0.5) is 0 Å². The number of ether oxygens (including phenoxy) is 1. The lowest BCUT2D eigenvalue weighted by Crippen LogP contribution is -2.16. The second kappa shape index (κ2) is 9.07. The normalized spacial score (nSPS) is 31.4. The Kier molecular flexibility index (Phi) is 7.05. The lowest BCUT2D eigenvalue weighted by atomic mass is 9.88. The molecule has 1 aliphatic heterocycles. The quantitative estimate of drug-likeness (QED) is 0.342. The van der Waals surface area contributed by atoms with Gasteiger partial charge in [-0.2, -0.15) is 0 Å². The third-order valence-corrected chi connectivity index (χ3v) is 4.83. The predicted octanol–water partition coefficient (Wildman–Crippen LogP) is 5.34. The van der Waals surface area contributed by atoms with E-state index in [9.17, 15) is 4.79 Å². The molecule has 2 aliphatic rings. The third kappa shape index (κ3) is 5.33. The van der Waals surface area contributed by atoms with Crippen molar-refractivity contribution < 1.29 is 9.53 Å². The molecule has 0 unspecified atom stereocenters. The van der Waals surface area contributed by atoms with E-state index >= 15 is 0 Å². The van der Waals surface area contributed by atoms with Crippen LogP contribution in [0.3, 0.4) is 0 Å². The standard InChI is InChI=1S/C19H30O2/c1-16-17-14-12-10-8-6-4-2-3-5-7-9-11-13-15-18(17)21-19(16)20/h3,5,17-18H,1-2,4,6-15H2/b5-3+/t17-,18-/m1/s1. The van der Waals surface area contributed by atoms with Gasteiger partial charge in [-0.3, -0.25) is 0 Å². The Labute approximate surface area is 129 Å². The van der Waals surface area contributed by atoms with Gasteiger partial charge in [0.15, 0.2) is 0 Å². The van der Waals surface area contributed by atoms with Crippen LogP contribution in [0, 0.1) is 5.92 Å². The van der Waals surface area contributed by atoms with Gasteiger partial charge in [-0.15, -0.1) is 0 Å². The van der Waals surface area contributed by atoms with Crippen molar-refractivity contribution in [2.75, 3.05) is 0 Å². The van der Waals surface area contributed by atoms with Crippen LogP contribution in [0.1, 0.15) is 77.0 Å². The molecule has 2 heteroatoms. The Balaban J connectivity index is 1.85. The van der Waals surface area contributed by atoms with Gasteiger partial charge in [0, 0.05) is 11.5 Å². The second-order valence-corrected chi connectivity index (χ2v) is 6.53. The van der Waals surface area contributed by atoms with Gasteiger partial charge < -0.3 is 4.74 Å². The highest BCUT2D eigenvalue weighted by atomic mass is 16.6. The highest BCUT2D eigenvalue weighted by Crippen LogP contribution is 2.34. The van der Waals surface area contributed by atoms with Crippen molar-refractivity contribution in [1.29, 1.82) is 0 Å². The van der Waals surface area contributed by atoms with E-state index in [4.69, 9.17) is 4.74 Å². The molecule has 2 atom stereocenters.